The highest BCUT2D eigenvalue weighted by molar-refractivity contribution is 6.21. The number of benzene rings is 1. The highest BCUT2D eigenvalue weighted by Crippen LogP contribution is 2.45. The maximum atomic E-state index is 11.2. The molecular formula is C26H37ClO3. The van der Waals surface area contributed by atoms with Crippen molar-refractivity contribution in [2.24, 2.45) is 11.8 Å². The summed E-state index contributed by atoms with van der Waals surface area (Å²) in [6.45, 7) is 0. The second-order valence-corrected chi connectivity index (χ2v) is 9.61. The van der Waals surface area contributed by atoms with Crippen molar-refractivity contribution >= 4 is 17.6 Å². The molecule has 2 aliphatic carbocycles. The van der Waals surface area contributed by atoms with Crippen molar-refractivity contribution in [3.05, 3.63) is 47.5 Å². The zero-order chi connectivity index (χ0) is 21.3. The van der Waals surface area contributed by atoms with Crippen LogP contribution in [-0.4, -0.2) is 23.6 Å². The minimum atomic E-state index is -0.326. The van der Waals surface area contributed by atoms with Gasteiger partial charge in [0, 0.05) is 11.8 Å². The summed E-state index contributed by atoms with van der Waals surface area (Å²) >= 11 is 6.67. The van der Waals surface area contributed by atoms with Crippen molar-refractivity contribution in [2.45, 2.75) is 88.0 Å². The van der Waals surface area contributed by atoms with Crippen LogP contribution in [0, 0.1) is 11.8 Å². The number of unbranched alkanes of at least 4 members (excludes halogenated alkanes) is 1. The lowest BCUT2D eigenvalue weighted by Crippen LogP contribution is -2.16. The number of hydrogen-bond donors (Lipinski definition) is 1. The van der Waals surface area contributed by atoms with E-state index in [2.05, 4.69) is 41.2 Å². The molecule has 3 nitrogen and oxygen atoms in total. The van der Waals surface area contributed by atoms with Gasteiger partial charge in [-0.1, -0.05) is 55.7 Å². The number of esters is 1. The van der Waals surface area contributed by atoms with E-state index in [1.807, 2.05) is 0 Å². The molecule has 0 spiro atoms. The molecule has 4 atom stereocenters. The van der Waals surface area contributed by atoms with Crippen LogP contribution >= 0.6 is 11.6 Å². The van der Waals surface area contributed by atoms with Crippen LogP contribution in [0.25, 0.3) is 0 Å². The lowest BCUT2D eigenvalue weighted by Gasteiger charge is -2.27. The minimum absolute atomic E-state index is 0.142. The molecule has 0 amide bonds. The largest absolute Gasteiger partial charge is 0.469 e. The summed E-state index contributed by atoms with van der Waals surface area (Å²) < 4.78 is 4.68. The Bertz CT molecular complexity index is 678. The van der Waals surface area contributed by atoms with Crippen LogP contribution in [0.15, 0.2) is 36.4 Å². The second-order valence-electron chi connectivity index (χ2n) is 9.05. The predicted octanol–water partition coefficient (Wildman–Crippen LogP) is 6.69. The first kappa shape index (κ1) is 23.3. The molecule has 3 rings (SSSR count). The summed E-state index contributed by atoms with van der Waals surface area (Å²) in [6, 6.07) is 8.70. The van der Waals surface area contributed by atoms with Crippen LogP contribution in [-0.2, 0) is 9.53 Å². The number of hydrogen-bond acceptors (Lipinski definition) is 3. The van der Waals surface area contributed by atoms with Crippen LogP contribution in [0.4, 0.5) is 0 Å². The van der Waals surface area contributed by atoms with Gasteiger partial charge in [-0.25, -0.2) is 0 Å². The van der Waals surface area contributed by atoms with Crippen molar-refractivity contribution in [2.75, 3.05) is 7.11 Å². The lowest BCUT2D eigenvalue weighted by atomic mass is 9.81. The van der Waals surface area contributed by atoms with E-state index >= 15 is 0 Å². The monoisotopic (exact) mass is 432 g/mol. The van der Waals surface area contributed by atoms with Gasteiger partial charge in [0.1, 0.15) is 0 Å². The Kier molecular flexibility index (Phi) is 9.27. The van der Waals surface area contributed by atoms with E-state index in [1.165, 1.54) is 31.9 Å². The van der Waals surface area contributed by atoms with E-state index in [0.29, 0.717) is 24.2 Å². The fourth-order valence-corrected chi connectivity index (χ4v) is 5.65. The molecule has 30 heavy (non-hydrogen) atoms. The summed E-state index contributed by atoms with van der Waals surface area (Å²) in [4.78, 5) is 11.2. The van der Waals surface area contributed by atoms with Crippen molar-refractivity contribution in [1.82, 2.24) is 0 Å². The van der Waals surface area contributed by atoms with Gasteiger partial charge in [0.2, 0.25) is 0 Å². The Morgan fingerprint density at radius 2 is 1.87 bits per heavy atom. The number of carbonyl (C=O) groups is 1. The van der Waals surface area contributed by atoms with Crippen molar-refractivity contribution in [1.29, 1.82) is 0 Å². The Labute approximate surface area is 186 Å². The van der Waals surface area contributed by atoms with E-state index in [-0.39, 0.29) is 17.5 Å². The molecule has 2 fully saturated rings. The minimum Gasteiger partial charge on any atom is -0.469 e. The molecule has 4 heteroatoms. The summed E-state index contributed by atoms with van der Waals surface area (Å²) in [5, 5.41) is 11.0. The van der Waals surface area contributed by atoms with Crippen molar-refractivity contribution in [3.63, 3.8) is 0 Å². The third-order valence-electron chi connectivity index (χ3n) is 7.09. The van der Waals surface area contributed by atoms with Crippen LogP contribution in [0.2, 0.25) is 0 Å². The third kappa shape index (κ3) is 6.34. The number of alkyl halides is 1. The molecule has 1 aromatic carbocycles. The van der Waals surface area contributed by atoms with Gasteiger partial charge in [0.25, 0.3) is 0 Å². The number of rotatable bonds is 9. The van der Waals surface area contributed by atoms with E-state index in [9.17, 15) is 9.90 Å². The highest BCUT2D eigenvalue weighted by atomic mass is 35.5. The molecule has 0 aromatic heterocycles. The molecule has 0 bridgehead atoms. The summed E-state index contributed by atoms with van der Waals surface area (Å²) in [7, 11) is 1.43. The zero-order valence-corrected chi connectivity index (χ0v) is 19.0. The van der Waals surface area contributed by atoms with Gasteiger partial charge >= 0.3 is 5.97 Å². The topological polar surface area (TPSA) is 46.5 Å². The molecule has 3 unspecified atom stereocenters. The molecule has 166 valence electrons. The Hall–Kier alpha value is -1.32. The molecular weight excluding hydrogens is 396 g/mol. The molecule has 1 aromatic rings. The SMILES string of the molecule is COC(=O)CCC/C=C\C[C@H]1C(Cl)CCC1c1ccc(C(O)C2CCCCC2)cc1. The van der Waals surface area contributed by atoms with Gasteiger partial charge < -0.3 is 9.84 Å². The highest BCUT2D eigenvalue weighted by Gasteiger charge is 2.35. The molecule has 2 saturated carbocycles. The number of halogens is 1. The maximum Gasteiger partial charge on any atom is 0.305 e. The quantitative estimate of drug-likeness (QED) is 0.204. The normalized spacial score (nSPS) is 26.2. The summed E-state index contributed by atoms with van der Waals surface area (Å²) in [5.74, 6) is 1.20. The standard InChI is InChI=1S/C26H37ClO3/c1-30-25(28)12-8-3-2-7-11-23-22(17-18-24(23)27)19-13-15-21(16-14-19)26(29)20-9-5-4-6-10-20/h2,7,13-16,20,22-24,26,29H,3-6,8-12,17-18H2,1H3/b7-2-/t22?,23-,24?,26?/m1/s1. The van der Waals surface area contributed by atoms with Gasteiger partial charge in [0.15, 0.2) is 0 Å². The van der Waals surface area contributed by atoms with E-state index in [1.54, 1.807) is 0 Å². The third-order valence-corrected chi connectivity index (χ3v) is 7.63. The number of carbonyl (C=O) groups excluding carboxylic acids is 1. The Morgan fingerprint density at radius 3 is 2.57 bits per heavy atom. The Morgan fingerprint density at radius 1 is 1.13 bits per heavy atom. The smallest absolute Gasteiger partial charge is 0.305 e. The molecule has 2 aliphatic rings. The van der Waals surface area contributed by atoms with Crippen LogP contribution < -0.4 is 0 Å². The van der Waals surface area contributed by atoms with Gasteiger partial charge in [-0.3, -0.25) is 4.79 Å². The van der Waals surface area contributed by atoms with E-state index in [0.717, 1.165) is 50.5 Å². The predicted molar refractivity (Wildman–Crippen MR) is 123 cm³/mol. The van der Waals surface area contributed by atoms with Crippen LogP contribution in [0.5, 0.6) is 0 Å². The number of methoxy groups -OCH3 is 1. The number of allylic oxidation sites excluding steroid dienone is 2. The van der Waals surface area contributed by atoms with Gasteiger partial charge in [0.05, 0.1) is 13.2 Å². The molecule has 0 radical (unpaired) electrons. The first-order chi connectivity index (χ1) is 14.6. The molecule has 0 aliphatic heterocycles. The van der Waals surface area contributed by atoms with Crippen LogP contribution in [0.1, 0.15) is 93.8 Å². The molecule has 1 N–H and O–H groups in total. The Balaban J connectivity index is 1.54. The van der Waals surface area contributed by atoms with E-state index in [4.69, 9.17) is 11.6 Å². The number of aliphatic hydroxyl groups excluding tert-OH is 1. The van der Waals surface area contributed by atoms with Gasteiger partial charge in [-0.2, -0.15) is 0 Å². The van der Waals surface area contributed by atoms with E-state index < -0.39 is 0 Å². The molecule has 0 heterocycles. The zero-order valence-electron chi connectivity index (χ0n) is 18.3. The summed E-state index contributed by atoms with van der Waals surface area (Å²) in [5.41, 5.74) is 2.41. The maximum absolute atomic E-state index is 11.2. The average Bonchev–Trinajstić information content (AvgIpc) is 3.16. The van der Waals surface area contributed by atoms with Crippen molar-refractivity contribution < 1.29 is 14.6 Å². The first-order valence-corrected chi connectivity index (χ1v) is 12.2. The lowest BCUT2D eigenvalue weighted by molar-refractivity contribution is -0.140. The van der Waals surface area contributed by atoms with Gasteiger partial charge in [-0.05, 0) is 73.8 Å². The number of ether oxygens (including phenoxy) is 1. The number of aliphatic hydroxyl groups is 1. The fourth-order valence-electron chi connectivity index (χ4n) is 5.24. The van der Waals surface area contributed by atoms with Crippen LogP contribution in [0.3, 0.4) is 0 Å². The fraction of sp³-hybridized carbons (Fsp3) is 0.654. The van der Waals surface area contributed by atoms with Crippen molar-refractivity contribution in [3.8, 4) is 0 Å². The average molecular weight is 433 g/mol. The summed E-state index contributed by atoms with van der Waals surface area (Å²) in [6.07, 6.45) is 15.5. The first-order valence-electron chi connectivity index (χ1n) is 11.7. The van der Waals surface area contributed by atoms with Gasteiger partial charge in [-0.15, -0.1) is 11.6 Å². The second kappa shape index (κ2) is 11.9. The molecule has 0 saturated heterocycles.